The number of aliphatic hydroxyl groups excluding tert-OH is 1. The Kier molecular flexibility index (Phi) is 6.10. The Morgan fingerprint density at radius 3 is 2.68 bits per heavy atom. The standard InChI is InChI=1S/C20H23N3O4S/c1-11-6-13(3)14(7-12(11)2)4-5-15-9-23(20(25)22-19(15)21)18-8-16(24)17(27-18)10-26-28/h6-7,9,16-18,24,28H,8,10H2,1-3H3,(H2,21,22,25). The van der Waals surface area contributed by atoms with Crippen LogP contribution < -0.4 is 11.4 Å². The van der Waals surface area contributed by atoms with E-state index in [9.17, 15) is 9.90 Å². The van der Waals surface area contributed by atoms with Gasteiger partial charge in [0.25, 0.3) is 0 Å². The largest absolute Gasteiger partial charge is 0.390 e. The van der Waals surface area contributed by atoms with E-state index in [2.05, 4.69) is 42.7 Å². The summed E-state index contributed by atoms with van der Waals surface area (Å²) in [4.78, 5) is 16.1. The first-order valence-corrected chi connectivity index (χ1v) is 9.25. The first kappa shape index (κ1) is 20.4. The second-order valence-electron chi connectivity index (χ2n) is 6.96. The molecule has 2 aromatic rings. The molecule has 148 valence electrons. The number of benzene rings is 1. The lowest BCUT2D eigenvalue weighted by molar-refractivity contribution is -0.0375. The van der Waals surface area contributed by atoms with E-state index >= 15 is 0 Å². The highest BCUT2D eigenvalue weighted by Gasteiger charge is 2.35. The summed E-state index contributed by atoms with van der Waals surface area (Å²) < 4.78 is 11.7. The van der Waals surface area contributed by atoms with Crippen LogP contribution in [0.3, 0.4) is 0 Å². The Bertz CT molecular complexity index is 1010. The number of thiol groups is 1. The molecule has 1 saturated heterocycles. The Morgan fingerprint density at radius 1 is 1.29 bits per heavy atom. The van der Waals surface area contributed by atoms with E-state index in [4.69, 9.17) is 14.7 Å². The molecule has 7 nitrogen and oxygen atoms in total. The van der Waals surface area contributed by atoms with Crippen molar-refractivity contribution in [2.24, 2.45) is 0 Å². The van der Waals surface area contributed by atoms with Gasteiger partial charge < -0.3 is 19.8 Å². The van der Waals surface area contributed by atoms with Crippen molar-refractivity contribution in [2.75, 3.05) is 12.3 Å². The first-order valence-electron chi connectivity index (χ1n) is 8.88. The fourth-order valence-corrected chi connectivity index (χ4v) is 3.27. The number of aryl methyl sites for hydroxylation is 3. The number of anilines is 1. The fourth-order valence-electron chi connectivity index (χ4n) is 3.12. The van der Waals surface area contributed by atoms with Crippen LogP contribution in [0.15, 0.2) is 23.1 Å². The van der Waals surface area contributed by atoms with Crippen LogP contribution in [0.5, 0.6) is 0 Å². The Morgan fingerprint density at radius 2 is 1.96 bits per heavy atom. The second-order valence-corrected chi connectivity index (χ2v) is 7.22. The maximum Gasteiger partial charge on any atom is 0.351 e. The maximum atomic E-state index is 12.3. The highest BCUT2D eigenvalue weighted by molar-refractivity contribution is 7.75. The molecule has 0 amide bonds. The zero-order chi connectivity index (χ0) is 20.4. The molecule has 1 aliphatic heterocycles. The molecule has 1 aliphatic rings. The lowest BCUT2D eigenvalue weighted by Crippen LogP contribution is -2.29. The second kappa shape index (κ2) is 8.37. The zero-order valence-electron chi connectivity index (χ0n) is 16.0. The Balaban J connectivity index is 1.94. The third kappa shape index (κ3) is 4.23. The average molecular weight is 401 g/mol. The third-order valence-electron chi connectivity index (χ3n) is 4.91. The normalized spacial score (nSPS) is 21.4. The summed E-state index contributed by atoms with van der Waals surface area (Å²) in [6.07, 6.45) is -0.256. The van der Waals surface area contributed by atoms with Gasteiger partial charge in [-0.1, -0.05) is 17.9 Å². The molecule has 1 fully saturated rings. The molecule has 8 heteroatoms. The van der Waals surface area contributed by atoms with Crippen LogP contribution in [0.4, 0.5) is 5.82 Å². The van der Waals surface area contributed by atoms with Gasteiger partial charge in [-0.15, -0.1) is 0 Å². The van der Waals surface area contributed by atoms with Gasteiger partial charge in [-0.25, -0.2) is 4.79 Å². The summed E-state index contributed by atoms with van der Waals surface area (Å²) in [5.74, 6) is 6.17. The lowest BCUT2D eigenvalue weighted by Gasteiger charge is -2.15. The molecule has 3 rings (SSSR count). The van der Waals surface area contributed by atoms with E-state index in [-0.39, 0.29) is 18.8 Å². The number of nitrogens with two attached hydrogens (primary N) is 1. The quantitative estimate of drug-likeness (QED) is 0.411. The van der Waals surface area contributed by atoms with E-state index in [1.165, 1.54) is 16.3 Å². The molecular weight excluding hydrogens is 378 g/mol. The smallest absolute Gasteiger partial charge is 0.351 e. The maximum absolute atomic E-state index is 12.3. The van der Waals surface area contributed by atoms with Gasteiger partial charge in [-0.05, 0) is 56.4 Å². The highest BCUT2D eigenvalue weighted by atomic mass is 32.1. The molecule has 3 atom stereocenters. The van der Waals surface area contributed by atoms with Crippen molar-refractivity contribution in [3.63, 3.8) is 0 Å². The van der Waals surface area contributed by atoms with Crippen LogP contribution in [0.2, 0.25) is 0 Å². The predicted octanol–water partition coefficient (Wildman–Crippen LogP) is 1.66. The van der Waals surface area contributed by atoms with Crippen LogP contribution in [0.1, 0.15) is 40.5 Å². The van der Waals surface area contributed by atoms with Gasteiger partial charge in [0.15, 0.2) is 0 Å². The van der Waals surface area contributed by atoms with E-state index in [1.54, 1.807) is 0 Å². The van der Waals surface area contributed by atoms with Gasteiger partial charge in [-0.2, -0.15) is 4.98 Å². The molecule has 0 aliphatic carbocycles. The van der Waals surface area contributed by atoms with Gasteiger partial charge in [0.05, 0.1) is 18.3 Å². The highest BCUT2D eigenvalue weighted by Crippen LogP contribution is 2.28. The van der Waals surface area contributed by atoms with Crippen molar-refractivity contribution < 1.29 is 14.0 Å². The fraction of sp³-hybridized carbons (Fsp3) is 0.400. The number of aliphatic hydroxyl groups is 1. The van der Waals surface area contributed by atoms with Gasteiger partial charge >= 0.3 is 5.69 Å². The molecule has 2 heterocycles. The summed E-state index contributed by atoms with van der Waals surface area (Å²) in [7, 11) is 0. The van der Waals surface area contributed by atoms with E-state index in [1.807, 2.05) is 19.9 Å². The monoisotopic (exact) mass is 401 g/mol. The molecule has 28 heavy (non-hydrogen) atoms. The number of aromatic nitrogens is 2. The topological polar surface area (TPSA) is 99.6 Å². The van der Waals surface area contributed by atoms with E-state index in [0.717, 1.165) is 16.7 Å². The van der Waals surface area contributed by atoms with E-state index in [0.29, 0.717) is 5.56 Å². The van der Waals surface area contributed by atoms with Crippen molar-refractivity contribution in [1.29, 1.82) is 0 Å². The summed E-state index contributed by atoms with van der Waals surface area (Å²) in [6, 6.07) is 4.11. The van der Waals surface area contributed by atoms with Crippen LogP contribution >= 0.6 is 12.9 Å². The first-order chi connectivity index (χ1) is 13.3. The minimum absolute atomic E-state index is 0.0593. The molecule has 1 aromatic carbocycles. The summed E-state index contributed by atoms with van der Waals surface area (Å²) in [5.41, 5.74) is 10.1. The summed E-state index contributed by atoms with van der Waals surface area (Å²) in [6.45, 7) is 6.19. The van der Waals surface area contributed by atoms with Crippen LogP contribution in [-0.2, 0) is 8.92 Å². The number of nitrogens with zero attached hydrogens (tertiary/aromatic N) is 2. The lowest BCUT2D eigenvalue weighted by atomic mass is 10.0. The summed E-state index contributed by atoms with van der Waals surface area (Å²) >= 11 is 3.68. The number of nitrogen functional groups attached to an aromatic ring is 1. The zero-order valence-corrected chi connectivity index (χ0v) is 16.9. The predicted molar refractivity (Wildman–Crippen MR) is 109 cm³/mol. The minimum atomic E-state index is -0.769. The molecule has 0 bridgehead atoms. The average Bonchev–Trinajstić information content (AvgIpc) is 2.99. The SMILES string of the molecule is Cc1cc(C)c(C#Cc2cn(C3CC(O)C(COS)O3)c(=O)nc2N)cc1C. The Hall–Kier alpha value is -2.31. The van der Waals surface area contributed by atoms with Gasteiger partial charge in [0.1, 0.15) is 18.1 Å². The van der Waals surface area contributed by atoms with Crippen LogP contribution in [0.25, 0.3) is 0 Å². The number of rotatable bonds is 3. The van der Waals surface area contributed by atoms with Crippen LogP contribution in [-0.4, -0.2) is 33.5 Å². The number of hydrogen-bond donors (Lipinski definition) is 3. The van der Waals surface area contributed by atoms with Crippen LogP contribution in [0, 0.1) is 32.6 Å². The molecule has 0 radical (unpaired) electrons. The minimum Gasteiger partial charge on any atom is -0.390 e. The Labute approximate surface area is 169 Å². The van der Waals surface area contributed by atoms with Crippen molar-refractivity contribution in [3.05, 3.63) is 56.6 Å². The van der Waals surface area contributed by atoms with Crippen molar-refractivity contribution in [2.45, 2.75) is 45.6 Å². The molecular formula is C20H23N3O4S. The van der Waals surface area contributed by atoms with Gasteiger partial charge in [0, 0.05) is 18.2 Å². The molecule has 3 unspecified atom stereocenters. The third-order valence-corrected chi connectivity index (χ3v) is 5.06. The molecule has 3 N–H and O–H groups in total. The number of hydrogen-bond acceptors (Lipinski definition) is 7. The van der Waals surface area contributed by atoms with Gasteiger partial charge in [0.2, 0.25) is 0 Å². The van der Waals surface area contributed by atoms with Crippen molar-refractivity contribution in [3.8, 4) is 11.8 Å². The van der Waals surface area contributed by atoms with Crippen molar-refractivity contribution >= 4 is 18.7 Å². The van der Waals surface area contributed by atoms with Gasteiger partial charge in [-0.3, -0.25) is 4.57 Å². The summed E-state index contributed by atoms with van der Waals surface area (Å²) in [5, 5.41) is 10.1. The number of ether oxygens (including phenoxy) is 1. The molecule has 1 aromatic heterocycles. The molecule has 0 spiro atoms. The van der Waals surface area contributed by atoms with E-state index < -0.39 is 24.1 Å². The van der Waals surface area contributed by atoms with Crippen molar-refractivity contribution in [1.82, 2.24) is 9.55 Å². The molecule has 0 saturated carbocycles.